The van der Waals surface area contributed by atoms with Crippen LogP contribution in [0.4, 0.5) is 5.95 Å². The molecule has 0 aliphatic carbocycles. The first-order valence-electron chi connectivity index (χ1n) is 6.87. The van der Waals surface area contributed by atoms with Crippen LogP contribution in [-0.2, 0) is 6.54 Å². The molecule has 0 saturated carbocycles. The van der Waals surface area contributed by atoms with Gasteiger partial charge in [-0.25, -0.2) is 9.97 Å². The lowest BCUT2D eigenvalue weighted by molar-refractivity contribution is 0.138. The molecule has 1 aromatic heterocycles. The molecule has 1 N–H and O–H groups in total. The van der Waals surface area contributed by atoms with E-state index in [9.17, 15) is 0 Å². The molecular weight excluding hydrogens is 238 g/mol. The van der Waals surface area contributed by atoms with Gasteiger partial charge in [-0.2, -0.15) is 0 Å². The Morgan fingerprint density at radius 3 is 2.68 bits per heavy atom. The van der Waals surface area contributed by atoms with Crippen LogP contribution < -0.4 is 10.2 Å². The topological polar surface area (TPSA) is 44.3 Å². The molecule has 0 radical (unpaired) electrons. The summed E-state index contributed by atoms with van der Waals surface area (Å²) in [6.45, 7) is 10.4. The first kappa shape index (κ1) is 14.2. The number of aryl methyl sites for hydroxylation is 1. The Labute approximate surface area is 116 Å². The Kier molecular flexibility index (Phi) is 4.06. The van der Waals surface area contributed by atoms with Crippen molar-refractivity contribution < 1.29 is 0 Å². The lowest BCUT2D eigenvalue weighted by Gasteiger charge is -2.45. The van der Waals surface area contributed by atoms with Crippen molar-refractivity contribution in [2.75, 3.05) is 38.6 Å². The van der Waals surface area contributed by atoms with Gasteiger partial charge in [0.05, 0.1) is 0 Å². The standard InChI is InChI=1S/C14H25N5/c1-11-12(8-15-4)9-16-13(17-11)19-7-6-18(5)14(2,3)10-19/h9,15H,6-8,10H2,1-5H3. The third-order valence-electron chi connectivity index (χ3n) is 4.03. The highest BCUT2D eigenvalue weighted by Gasteiger charge is 2.32. The van der Waals surface area contributed by atoms with Gasteiger partial charge in [0.15, 0.2) is 0 Å². The van der Waals surface area contributed by atoms with Crippen molar-refractivity contribution in [1.82, 2.24) is 20.2 Å². The summed E-state index contributed by atoms with van der Waals surface area (Å²) in [6, 6.07) is 0. The van der Waals surface area contributed by atoms with Gasteiger partial charge in [0.25, 0.3) is 0 Å². The number of likely N-dealkylation sites (N-methyl/N-ethyl adjacent to an activating group) is 1. The SMILES string of the molecule is CNCc1cnc(N2CCN(C)C(C)(C)C2)nc1C. The molecule has 19 heavy (non-hydrogen) atoms. The molecule has 1 aliphatic rings. The Hall–Kier alpha value is -1.20. The van der Waals surface area contributed by atoms with Crippen molar-refractivity contribution in [3.63, 3.8) is 0 Å². The minimum Gasteiger partial charge on any atom is -0.338 e. The van der Waals surface area contributed by atoms with E-state index in [1.807, 2.05) is 13.2 Å². The van der Waals surface area contributed by atoms with E-state index in [2.05, 4.69) is 52.9 Å². The maximum absolute atomic E-state index is 4.66. The van der Waals surface area contributed by atoms with Crippen LogP contribution in [0.3, 0.4) is 0 Å². The fourth-order valence-electron chi connectivity index (χ4n) is 2.41. The molecule has 0 atom stereocenters. The minimum absolute atomic E-state index is 0.166. The summed E-state index contributed by atoms with van der Waals surface area (Å²) in [4.78, 5) is 13.9. The fourth-order valence-corrected chi connectivity index (χ4v) is 2.41. The van der Waals surface area contributed by atoms with Crippen LogP contribution in [-0.4, -0.2) is 54.1 Å². The molecule has 1 fully saturated rings. The number of nitrogens with zero attached hydrogens (tertiary/aromatic N) is 4. The monoisotopic (exact) mass is 263 g/mol. The van der Waals surface area contributed by atoms with Crippen LogP contribution in [0.2, 0.25) is 0 Å². The van der Waals surface area contributed by atoms with E-state index in [0.29, 0.717) is 0 Å². The minimum atomic E-state index is 0.166. The molecule has 2 heterocycles. The maximum Gasteiger partial charge on any atom is 0.225 e. The Morgan fingerprint density at radius 1 is 1.37 bits per heavy atom. The summed E-state index contributed by atoms with van der Waals surface area (Å²) < 4.78 is 0. The summed E-state index contributed by atoms with van der Waals surface area (Å²) in [5.41, 5.74) is 2.40. The van der Waals surface area contributed by atoms with Gasteiger partial charge >= 0.3 is 0 Å². The predicted octanol–water partition coefficient (Wildman–Crippen LogP) is 1.03. The largest absolute Gasteiger partial charge is 0.338 e. The zero-order chi connectivity index (χ0) is 14.0. The van der Waals surface area contributed by atoms with Crippen molar-refractivity contribution in [2.45, 2.75) is 32.9 Å². The average molecular weight is 263 g/mol. The van der Waals surface area contributed by atoms with E-state index < -0.39 is 0 Å². The van der Waals surface area contributed by atoms with Crippen LogP contribution in [0.25, 0.3) is 0 Å². The van der Waals surface area contributed by atoms with Gasteiger partial charge in [0, 0.05) is 49.2 Å². The maximum atomic E-state index is 4.66. The van der Waals surface area contributed by atoms with Crippen LogP contribution in [0.5, 0.6) is 0 Å². The number of nitrogens with one attached hydrogen (secondary N) is 1. The third kappa shape index (κ3) is 3.04. The van der Waals surface area contributed by atoms with Crippen LogP contribution in [0, 0.1) is 6.92 Å². The van der Waals surface area contributed by atoms with Gasteiger partial charge in [-0.15, -0.1) is 0 Å². The molecule has 106 valence electrons. The molecule has 5 nitrogen and oxygen atoms in total. The Balaban J connectivity index is 2.16. The number of hydrogen-bond acceptors (Lipinski definition) is 5. The highest BCUT2D eigenvalue weighted by Crippen LogP contribution is 2.22. The van der Waals surface area contributed by atoms with Gasteiger partial charge in [0.2, 0.25) is 5.95 Å². The average Bonchev–Trinajstić information content (AvgIpc) is 2.35. The highest BCUT2D eigenvalue weighted by atomic mass is 15.3. The molecule has 0 bridgehead atoms. The molecule has 0 amide bonds. The van der Waals surface area contributed by atoms with Crippen molar-refractivity contribution in [2.24, 2.45) is 0 Å². The van der Waals surface area contributed by atoms with Gasteiger partial charge in [0.1, 0.15) is 0 Å². The van der Waals surface area contributed by atoms with Crippen LogP contribution >= 0.6 is 0 Å². The third-order valence-corrected chi connectivity index (χ3v) is 4.03. The molecule has 0 spiro atoms. The number of aromatic nitrogens is 2. The number of hydrogen-bond donors (Lipinski definition) is 1. The quantitative estimate of drug-likeness (QED) is 0.882. The van der Waals surface area contributed by atoms with E-state index in [1.54, 1.807) is 0 Å². The van der Waals surface area contributed by atoms with E-state index in [0.717, 1.165) is 37.8 Å². The van der Waals surface area contributed by atoms with E-state index in [-0.39, 0.29) is 5.54 Å². The van der Waals surface area contributed by atoms with Crippen molar-refractivity contribution >= 4 is 5.95 Å². The second-order valence-electron chi connectivity index (χ2n) is 5.97. The first-order chi connectivity index (χ1) is 8.94. The summed E-state index contributed by atoms with van der Waals surface area (Å²) in [5, 5.41) is 3.14. The number of rotatable bonds is 3. The fraction of sp³-hybridized carbons (Fsp3) is 0.714. The lowest BCUT2D eigenvalue weighted by atomic mass is 10.00. The van der Waals surface area contributed by atoms with Gasteiger partial charge < -0.3 is 10.2 Å². The van der Waals surface area contributed by atoms with Crippen molar-refractivity contribution in [3.8, 4) is 0 Å². The van der Waals surface area contributed by atoms with Crippen LogP contribution in [0.15, 0.2) is 6.20 Å². The lowest BCUT2D eigenvalue weighted by Crippen LogP contribution is -2.58. The second kappa shape index (κ2) is 5.43. The van der Waals surface area contributed by atoms with Crippen LogP contribution in [0.1, 0.15) is 25.1 Å². The molecule has 0 aromatic carbocycles. The van der Waals surface area contributed by atoms with Crippen molar-refractivity contribution in [3.05, 3.63) is 17.5 Å². The summed E-state index contributed by atoms with van der Waals surface area (Å²) in [5.74, 6) is 0.860. The number of piperazine rings is 1. The smallest absolute Gasteiger partial charge is 0.225 e. The van der Waals surface area contributed by atoms with E-state index in [1.165, 1.54) is 5.56 Å². The summed E-state index contributed by atoms with van der Waals surface area (Å²) in [7, 11) is 4.12. The predicted molar refractivity (Wildman–Crippen MR) is 78.5 cm³/mol. The van der Waals surface area contributed by atoms with Gasteiger partial charge in [-0.05, 0) is 34.9 Å². The normalized spacial score (nSPS) is 19.7. The molecular formula is C14H25N5. The number of anilines is 1. The molecule has 5 heteroatoms. The highest BCUT2D eigenvalue weighted by molar-refractivity contribution is 5.34. The Bertz CT molecular complexity index is 443. The molecule has 1 aromatic rings. The summed E-state index contributed by atoms with van der Waals surface area (Å²) in [6.07, 6.45) is 1.94. The summed E-state index contributed by atoms with van der Waals surface area (Å²) >= 11 is 0. The van der Waals surface area contributed by atoms with Crippen molar-refractivity contribution in [1.29, 1.82) is 0 Å². The van der Waals surface area contributed by atoms with E-state index in [4.69, 9.17) is 0 Å². The van der Waals surface area contributed by atoms with E-state index >= 15 is 0 Å². The molecule has 1 saturated heterocycles. The Morgan fingerprint density at radius 2 is 2.11 bits per heavy atom. The first-order valence-corrected chi connectivity index (χ1v) is 6.87. The zero-order valence-corrected chi connectivity index (χ0v) is 12.7. The van der Waals surface area contributed by atoms with Gasteiger partial charge in [-0.1, -0.05) is 0 Å². The zero-order valence-electron chi connectivity index (χ0n) is 12.7. The second-order valence-corrected chi connectivity index (χ2v) is 5.97. The molecule has 1 aliphatic heterocycles. The van der Waals surface area contributed by atoms with Gasteiger partial charge in [-0.3, -0.25) is 4.90 Å². The molecule has 0 unspecified atom stereocenters. The molecule has 2 rings (SSSR count).